The number of alkyl halides is 3. The van der Waals surface area contributed by atoms with Crippen molar-refractivity contribution in [1.82, 2.24) is 4.98 Å². The molecule has 0 fully saturated rings. The predicted molar refractivity (Wildman–Crippen MR) is 110 cm³/mol. The van der Waals surface area contributed by atoms with Crippen LogP contribution in [0.4, 0.5) is 13.2 Å². The quantitative estimate of drug-likeness (QED) is 0.503. The van der Waals surface area contributed by atoms with Crippen LogP contribution in [0.3, 0.4) is 0 Å². The molecule has 1 atom stereocenters. The van der Waals surface area contributed by atoms with Crippen LogP contribution in [-0.4, -0.2) is 16.5 Å². The SMILES string of the molecule is CC(C)(C)C(O)(c1cccnc1)c1ccc(-c2ccc(OC(F)(F)F)cc2)cc1Cl. The molecule has 0 amide bonds. The van der Waals surface area contributed by atoms with Crippen molar-refractivity contribution in [2.75, 3.05) is 0 Å². The van der Waals surface area contributed by atoms with Crippen molar-refractivity contribution in [3.8, 4) is 16.9 Å². The maximum atomic E-state index is 12.3. The summed E-state index contributed by atoms with van der Waals surface area (Å²) in [5.41, 5.74) is 0.494. The minimum atomic E-state index is -4.74. The summed E-state index contributed by atoms with van der Waals surface area (Å²) in [4.78, 5) is 4.12. The van der Waals surface area contributed by atoms with Crippen LogP contribution in [-0.2, 0) is 5.60 Å². The molecule has 0 aliphatic heterocycles. The van der Waals surface area contributed by atoms with Crippen LogP contribution in [0.5, 0.6) is 5.75 Å². The number of pyridine rings is 1. The number of halogens is 4. The van der Waals surface area contributed by atoms with Crippen LogP contribution in [0.1, 0.15) is 31.9 Å². The third kappa shape index (κ3) is 4.45. The van der Waals surface area contributed by atoms with E-state index >= 15 is 0 Å². The van der Waals surface area contributed by atoms with Gasteiger partial charge >= 0.3 is 6.36 Å². The van der Waals surface area contributed by atoms with E-state index in [2.05, 4.69) is 9.72 Å². The summed E-state index contributed by atoms with van der Waals surface area (Å²) in [6, 6.07) is 14.2. The Balaban J connectivity index is 2.00. The Morgan fingerprint density at radius 3 is 2.07 bits per heavy atom. The molecule has 158 valence electrons. The zero-order valence-electron chi connectivity index (χ0n) is 16.7. The highest BCUT2D eigenvalue weighted by atomic mass is 35.5. The second kappa shape index (κ2) is 7.93. The minimum absolute atomic E-state index is 0.298. The topological polar surface area (TPSA) is 42.4 Å². The fourth-order valence-corrected chi connectivity index (χ4v) is 3.72. The molecule has 3 rings (SSSR count). The summed E-state index contributed by atoms with van der Waals surface area (Å²) in [6.07, 6.45) is -1.51. The molecular formula is C23H21ClF3NO2. The molecule has 0 saturated carbocycles. The Hall–Kier alpha value is -2.57. The maximum Gasteiger partial charge on any atom is 0.573 e. The molecule has 0 aliphatic carbocycles. The molecule has 1 heterocycles. The third-order valence-corrected chi connectivity index (χ3v) is 5.26. The van der Waals surface area contributed by atoms with E-state index in [1.807, 2.05) is 20.8 Å². The molecule has 0 spiro atoms. The molecule has 7 heteroatoms. The van der Waals surface area contributed by atoms with Crippen LogP contribution >= 0.6 is 11.6 Å². The predicted octanol–water partition coefficient (Wildman–Crippen LogP) is 6.58. The van der Waals surface area contributed by atoms with Gasteiger partial charge in [-0.2, -0.15) is 0 Å². The highest BCUT2D eigenvalue weighted by Gasteiger charge is 2.44. The fourth-order valence-electron chi connectivity index (χ4n) is 3.41. The van der Waals surface area contributed by atoms with E-state index in [0.717, 1.165) is 0 Å². The Kier molecular flexibility index (Phi) is 5.85. The first kappa shape index (κ1) is 22.1. The van der Waals surface area contributed by atoms with Gasteiger partial charge in [-0.3, -0.25) is 4.98 Å². The van der Waals surface area contributed by atoms with E-state index in [-0.39, 0.29) is 5.75 Å². The number of nitrogens with zero attached hydrogens (tertiary/aromatic N) is 1. The Morgan fingerprint density at radius 1 is 0.933 bits per heavy atom. The number of aliphatic hydroxyl groups is 1. The Labute approximate surface area is 178 Å². The van der Waals surface area contributed by atoms with Gasteiger partial charge in [0, 0.05) is 28.5 Å². The average Bonchev–Trinajstić information content (AvgIpc) is 2.66. The van der Waals surface area contributed by atoms with Crippen molar-refractivity contribution in [2.45, 2.75) is 32.7 Å². The third-order valence-electron chi connectivity index (χ3n) is 4.94. The van der Waals surface area contributed by atoms with Gasteiger partial charge in [-0.25, -0.2) is 0 Å². The molecule has 30 heavy (non-hydrogen) atoms. The first-order chi connectivity index (χ1) is 13.9. The van der Waals surface area contributed by atoms with E-state index in [1.165, 1.54) is 24.3 Å². The van der Waals surface area contributed by atoms with Crippen LogP contribution in [0.25, 0.3) is 11.1 Å². The average molecular weight is 436 g/mol. The van der Waals surface area contributed by atoms with Crippen molar-refractivity contribution < 1.29 is 23.0 Å². The number of benzene rings is 2. The number of aromatic nitrogens is 1. The molecular weight excluding hydrogens is 415 g/mol. The summed E-state index contributed by atoms with van der Waals surface area (Å²) >= 11 is 6.58. The van der Waals surface area contributed by atoms with Crippen LogP contribution in [0, 0.1) is 5.41 Å². The van der Waals surface area contributed by atoms with Gasteiger partial charge < -0.3 is 9.84 Å². The maximum absolute atomic E-state index is 12.3. The number of hydrogen-bond donors (Lipinski definition) is 1. The standard InChI is InChI=1S/C23H21ClF3NO2/c1-21(2,3)22(29,17-5-4-12-28-14-17)19-11-8-16(13-20(19)24)15-6-9-18(10-7-15)30-23(25,26)27/h4-14,29H,1-3H3. The molecule has 2 aromatic carbocycles. The summed E-state index contributed by atoms with van der Waals surface area (Å²) in [5.74, 6) is -0.298. The molecule has 0 aliphatic rings. The van der Waals surface area contributed by atoms with E-state index in [0.29, 0.717) is 27.3 Å². The molecule has 1 N–H and O–H groups in total. The number of hydrogen-bond acceptors (Lipinski definition) is 3. The lowest BCUT2D eigenvalue weighted by Crippen LogP contribution is -2.41. The van der Waals surface area contributed by atoms with E-state index in [9.17, 15) is 18.3 Å². The molecule has 3 aromatic rings. The van der Waals surface area contributed by atoms with E-state index in [4.69, 9.17) is 11.6 Å². The summed E-state index contributed by atoms with van der Waals surface area (Å²) in [7, 11) is 0. The Bertz CT molecular complexity index is 1020. The van der Waals surface area contributed by atoms with E-state index in [1.54, 1.807) is 42.7 Å². The molecule has 0 saturated heterocycles. The summed E-state index contributed by atoms with van der Waals surface area (Å²) < 4.78 is 40.9. The monoisotopic (exact) mass is 435 g/mol. The van der Waals surface area contributed by atoms with Gasteiger partial charge in [-0.1, -0.05) is 62.7 Å². The second-order valence-electron chi connectivity index (χ2n) is 7.97. The molecule has 0 bridgehead atoms. The Morgan fingerprint density at radius 2 is 1.57 bits per heavy atom. The molecule has 1 aromatic heterocycles. The molecule has 3 nitrogen and oxygen atoms in total. The van der Waals surface area contributed by atoms with Gasteiger partial charge in [-0.05, 0) is 40.8 Å². The van der Waals surface area contributed by atoms with Crippen molar-refractivity contribution in [3.63, 3.8) is 0 Å². The van der Waals surface area contributed by atoms with Crippen molar-refractivity contribution in [2.24, 2.45) is 5.41 Å². The molecule has 0 radical (unpaired) electrons. The van der Waals surface area contributed by atoms with Gasteiger partial charge in [0.2, 0.25) is 0 Å². The van der Waals surface area contributed by atoms with Gasteiger partial charge in [0.15, 0.2) is 0 Å². The molecule has 1 unspecified atom stereocenters. The van der Waals surface area contributed by atoms with Crippen molar-refractivity contribution in [3.05, 3.63) is 83.1 Å². The van der Waals surface area contributed by atoms with Crippen molar-refractivity contribution in [1.29, 1.82) is 0 Å². The summed E-state index contributed by atoms with van der Waals surface area (Å²) in [5, 5.41) is 12.1. The largest absolute Gasteiger partial charge is 0.573 e. The van der Waals surface area contributed by atoms with Crippen LogP contribution < -0.4 is 4.74 Å². The zero-order valence-corrected chi connectivity index (χ0v) is 17.4. The fraction of sp³-hybridized carbons (Fsp3) is 0.261. The highest BCUT2D eigenvalue weighted by Crippen LogP contribution is 2.47. The smallest absolute Gasteiger partial charge is 0.406 e. The second-order valence-corrected chi connectivity index (χ2v) is 8.38. The van der Waals surface area contributed by atoms with Gasteiger partial charge in [0.25, 0.3) is 0 Å². The zero-order chi connectivity index (χ0) is 22.2. The normalized spacial score (nSPS) is 14.3. The van der Waals surface area contributed by atoms with Crippen molar-refractivity contribution >= 4 is 11.6 Å². The first-order valence-electron chi connectivity index (χ1n) is 9.21. The van der Waals surface area contributed by atoms with Crippen LogP contribution in [0.2, 0.25) is 5.02 Å². The minimum Gasteiger partial charge on any atom is -0.406 e. The van der Waals surface area contributed by atoms with Gasteiger partial charge in [0.05, 0.1) is 0 Å². The summed E-state index contributed by atoms with van der Waals surface area (Å²) in [6.45, 7) is 5.72. The van der Waals surface area contributed by atoms with E-state index < -0.39 is 17.4 Å². The van der Waals surface area contributed by atoms with Gasteiger partial charge in [0.1, 0.15) is 11.4 Å². The van der Waals surface area contributed by atoms with Gasteiger partial charge in [-0.15, -0.1) is 13.2 Å². The highest BCUT2D eigenvalue weighted by molar-refractivity contribution is 6.31. The lowest BCUT2D eigenvalue weighted by molar-refractivity contribution is -0.274. The van der Waals surface area contributed by atoms with Crippen LogP contribution in [0.15, 0.2) is 67.0 Å². The number of rotatable bonds is 4. The number of ether oxygens (including phenoxy) is 1. The lowest BCUT2D eigenvalue weighted by Gasteiger charge is -2.41. The lowest BCUT2D eigenvalue weighted by atomic mass is 9.68. The first-order valence-corrected chi connectivity index (χ1v) is 9.59.